The maximum absolute atomic E-state index is 11.9. The van der Waals surface area contributed by atoms with Gasteiger partial charge < -0.3 is 15.3 Å². The molecule has 0 spiro atoms. The summed E-state index contributed by atoms with van der Waals surface area (Å²) in [6.07, 6.45) is 1.72. The summed E-state index contributed by atoms with van der Waals surface area (Å²) >= 11 is 1.50. The highest BCUT2D eigenvalue weighted by Gasteiger charge is 2.24. The SMILES string of the molecule is O=C(O)CC1CCN(C(=O)NCc2cscn2)CC1. The number of hydrogen-bond acceptors (Lipinski definition) is 4. The molecule has 1 aliphatic rings. The normalized spacial score (nSPS) is 16.3. The molecule has 0 atom stereocenters. The van der Waals surface area contributed by atoms with E-state index in [-0.39, 0.29) is 18.4 Å². The van der Waals surface area contributed by atoms with Gasteiger partial charge in [0, 0.05) is 24.9 Å². The monoisotopic (exact) mass is 283 g/mol. The molecule has 0 saturated carbocycles. The van der Waals surface area contributed by atoms with E-state index in [1.54, 1.807) is 10.4 Å². The predicted molar refractivity (Wildman–Crippen MR) is 70.9 cm³/mol. The van der Waals surface area contributed by atoms with E-state index in [0.717, 1.165) is 18.5 Å². The van der Waals surface area contributed by atoms with Gasteiger partial charge in [0.05, 0.1) is 17.7 Å². The fourth-order valence-corrected chi connectivity index (χ4v) is 2.75. The average molecular weight is 283 g/mol. The van der Waals surface area contributed by atoms with Gasteiger partial charge in [-0.1, -0.05) is 0 Å². The summed E-state index contributed by atoms with van der Waals surface area (Å²) in [5.74, 6) is -0.563. The van der Waals surface area contributed by atoms with Crippen LogP contribution in [0, 0.1) is 5.92 Å². The van der Waals surface area contributed by atoms with E-state index in [2.05, 4.69) is 10.3 Å². The molecular formula is C12H17N3O3S. The van der Waals surface area contributed by atoms with Crippen molar-refractivity contribution in [3.63, 3.8) is 0 Å². The molecule has 0 aromatic carbocycles. The zero-order valence-corrected chi connectivity index (χ0v) is 11.4. The Hall–Kier alpha value is -1.63. The highest BCUT2D eigenvalue weighted by molar-refractivity contribution is 7.07. The molecule has 2 N–H and O–H groups in total. The average Bonchev–Trinajstić information content (AvgIpc) is 2.89. The summed E-state index contributed by atoms with van der Waals surface area (Å²) < 4.78 is 0. The first kappa shape index (κ1) is 13.8. The molecule has 1 aromatic heterocycles. The third-order valence-electron chi connectivity index (χ3n) is 3.27. The first-order valence-electron chi connectivity index (χ1n) is 6.27. The fourth-order valence-electron chi connectivity index (χ4n) is 2.19. The van der Waals surface area contributed by atoms with Gasteiger partial charge in [0.25, 0.3) is 0 Å². The minimum atomic E-state index is -0.758. The van der Waals surface area contributed by atoms with Crippen molar-refractivity contribution in [2.75, 3.05) is 13.1 Å². The summed E-state index contributed by atoms with van der Waals surface area (Å²) in [6.45, 7) is 1.69. The molecule has 0 bridgehead atoms. The molecule has 1 aliphatic heterocycles. The molecule has 7 heteroatoms. The van der Waals surface area contributed by atoms with Gasteiger partial charge >= 0.3 is 12.0 Å². The Balaban J connectivity index is 1.71. The maximum atomic E-state index is 11.9. The lowest BCUT2D eigenvalue weighted by atomic mass is 9.94. The van der Waals surface area contributed by atoms with Gasteiger partial charge in [-0.15, -0.1) is 11.3 Å². The van der Waals surface area contributed by atoms with Gasteiger partial charge in [-0.25, -0.2) is 9.78 Å². The number of nitrogens with zero attached hydrogens (tertiary/aromatic N) is 2. The number of amides is 2. The Bertz CT molecular complexity index is 427. The lowest BCUT2D eigenvalue weighted by Gasteiger charge is -2.31. The van der Waals surface area contributed by atoms with Crippen LogP contribution in [-0.4, -0.2) is 40.1 Å². The molecule has 0 aliphatic carbocycles. The van der Waals surface area contributed by atoms with Crippen LogP contribution in [0.25, 0.3) is 0 Å². The number of aliphatic carboxylic acids is 1. The van der Waals surface area contributed by atoms with Gasteiger partial charge in [-0.05, 0) is 18.8 Å². The first-order chi connectivity index (χ1) is 9.15. The van der Waals surface area contributed by atoms with Crippen molar-refractivity contribution in [1.29, 1.82) is 0 Å². The summed E-state index contributed by atoms with van der Waals surface area (Å²) in [4.78, 5) is 28.4. The van der Waals surface area contributed by atoms with Crippen molar-refractivity contribution in [1.82, 2.24) is 15.2 Å². The highest BCUT2D eigenvalue weighted by atomic mass is 32.1. The van der Waals surface area contributed by atoms with Crippen molar-refractivity contribution in [3.05, 3.63) is 16.6 Å². The third-order valence-corrected chi connectivity index (χ3v) is 3.90. The van der Waals surface area contributed by atoms with E-state index < -0.39 is 5.97 Å². The van der Waals surface area contributed by atoms with Crippen LogP contribution in [0.3, 0.4) is 0 Å². The Morgan fingerprint density at radius 1 is 1.47 bits per heavy atom. The molecule has 0 unspecified atom stereocenters. The van der Waals surface area contributed by atoms with Crippen LogP contribution in [0.1, 0.15) is 25.0 Å². The van der Waals surface area contributed by atoms with Crippen LogP contribution >= 0.6 is 11.3 Å². The zero-order valence-electron chi connectivity index (χ0n) is 10.5. The zero-order chi connectivity index (χ0) is 13.7. The third kappa shape index (κ3) is 4.20. The highest BCUT2D eigenvalue weighted by Crippen LogP contribution is 2.20. The van der Waals surface area contributed by atoms with Crippen LogP contribution in [0.4, 0.5) is 4.79 Å². The van der Waals surface area contributed by atoms with Crippen LogP contribution in [0.15, 0.2) is 10.9 Å². The van der Waals surface area contributed by atoms with Crippen molar-refractivity contribution < 1.29 is 14.7 Å². The first-order valence-corrected chi connectivity index (χ1v) is 7.21. The summed E-state index contributed by atoms with van der Waals surface area (Å²) in [5, 5.41) is 13.5. The van der Waals surface area contributed by atoms with Crippen LogP contribution < -0.4 is 5.32 Å². The van der Waals surface area contributed by atoms with Crippen molar-refractivity contribution in [3.8, 4) is 0 Å². The van der Waals surface area contributed by atoms with E-state index in [9.17, 15) is 9.59 Å². The molecule has 6 nitrogen and oxygen atoms in total. The second kappa shape index (κ2) is 6.51. The van der Waals surface area contributed by atoms with E-state index in [0.29, 0.717) is 19.6 Å². The van der Waals surface area contributed by atoms with E-state index in [1.807, 2.05) is 5.38 Å². The minimum absolute atomic E-state index is 0.0956. The summed E-state index contributed by atoms with van der Waals surface area (Å²) in [6, 6.07) is -0.0956. The smallest absolute Gasteiger partial charge is 0.317 e. The fraction of sp³-hybridized carbons (Fsp3) is 0.583. The Labute approximate surface area is 115 Å². The molecule has 1 aromatic rings. The van der Waals surface area contributed by atoms with Gasteiger partial charge in [0.15, 0.2) is 0 Å². The second-order valence-electron chi connectivity index (χ2n) is 4.67. The molecular weight excluding hydrogens is 266 g/mol. The lowest BCUT2D eigenvalue weighted by Crippen LogP contribution is -2.44. The van der Waals surface area contributed by atoms with Crippen LogP contribution in [0.5, 0.6) is 0 Å². The predicted octanol–water partition coefficient (Wildman–Crippen LogP) is 1.54. The maximum Gasteiger partial charge on any atom is 0.317 e. The van der Waals surface area contributed by atoms with Crippen LogP contribution in [-0.2, 0) is 11.3 Å². The van der Waals surface area contributed by atoms with E-state index >= 15 is 0 Å². The number of hydrogen-bond donors (Lipinski definition) is 2. The standard InChI is InChI=1S/C12H17N3O3S/c16-11(17)5-9-1-3-15(4-2-9)12(18)13-6-10-7-19-8-14-10/h7-9H,1-6H2,(H,13,18)(H,16,17). The topological polar surface area (TPSA) is 82.5 Å². The van der Waals surface area contributed by atoms with Crippen molar-refractivity contribution >= 4 is 23.3 Å². The Kier molecular flexibility index (Phi) is 4.73. The van der Waals surface area contributed by atoms with Gasteiger partial charge in [-0.2, -0.15) is 0 Å². The quantitative estimate of drug-likeness (QED) is 0.878. The number of carboxylic acids is 1. The van der Waals surface area contributed by atoms with Crippen molar-refractivity contribution in [2.24, 2.45) is 5.92 Å². The number of carbonyl (C=O) groups excluding carboxylic acids is 1. The number of nitrogens with one attached hydrogen (secondary N) is 1. The van der Waals surface area contributed by atoms with Crippen LogP contribution in [0.2, 0.25) is 0 Å². The number of piperidine rings is 1. The molecule has 19 heavy (non-hydrogen) atoms. The molecule has 2 heterocycles. The Morgan fingerprint density at radius 2 is 2.21 bits per heavy atom. The summed E-state index contributed by atoms with van der Waals surface area (Å²) in [7, 11) is 0. The number of carboxylic acid groups (broad SMARTS) is 1. The molecule has 1 fully saturated rings. The minimum Gasteiger partial charge on any atom is -0.481 e. The van der Waals surface area contributed by atoms with Crippen molar-refractivity contribution in [2.45, 2.75) is 25.8 Å². The largest absolute Gasteiger partial charge is 0.481 e. The number of thiazole rings is 1. The Morgan fingerprint density at radius 3 is 2.79 bits per heavy atom. The lowest BCUT2D eigenvalue weighted by molar-refractivity contribution is -0.138. The van der Waals surface area contributed by atoms with E-state index in [4.69, 9.17) is 5.11 Å². The van der Waals surface area contributed by atoms with E-state index in [1.165, 1.54) is 11.3 Å². The van der Waals surface area contributed by atoms with Gasteiger partial charge in [0.2, 0.25) is 0 Å². The molecule has 104 valence electrons. The van der Waals surface area contributed by atoms with Gasteiger partial charge in [0.1, 0.15) is 0 Å². The second-order valence-corrected chi connectivity index (χ2v) is 5.39. The summed E-state index contributed by atoms with van der Waals surface area (Å²) in [5.41, 5.74) is 2.60. The molecule has 1 saturated heterocycles. The molecule has 2 rings (SSSR count). The number of urea groups is 1. The number of likely N-dealkylation sites (tertiary alicyclic amines) is 1. The van der Waals surface area contributed by atoms with Gasteiger partial charge in [-0.3, -0.25) is 4.79 Å². The molecule has 0 radical (unpaired) electrons. The number of carbonyl (C=O) groups is 2. The number of aromatic nitrogens is 1. The molecule has 2 amide bonds. The number of rotatable bonds is 4.